The molecule has 21 heavy (non-hydrogen) atoms. The van der Waals surface area contributed by atoms with Crippen LogP contribution in [0.2, 0.25) is 0 Å². The Labute approximate surface area is 122 Å². The molecule has 2 aromatic rings. The van der Waals surface area contributed by atoms with Gasteiger partial charge in [-0.15, -0.1) is 0 Å². The minimum Gasteiger partial charge on any atom is -0.344 e. The van der Waals surface area contributed by atoms with Crippen molar-refractivity contribution in [3.63, 3.8) is 0 Å². The number of hydrogen-bond donors (Lipinski definition) is 2. The molecule has 0 aliphatic heterocycles. The Morgan fingerprint density at radius 2 is 1.71 bits per heavy atom. The van der Waals surface area contributed by atoms with Gasteiger partial charge >= 0.3 is 11.8 Å². The van der Waals surface area contributed by atoms with Gasteiger partial charge in [-0.25, -0.2) is 0 Å². The van der Waals surface area contributed by atoms with Gasteiger partial charge in [-0.2, -0.15) is 0 Å². The molecule has 0 unspecified atom stereocenters. The summed E-state index contributed by atoms with van der Waals surface area (Å²) >= 11 is 0. The number of nitrogens with one attached hydrogen (secondary N) is 2. The van der Waals surface area contributed by atoms with E-state index in [4.69, 9.17) is 0 Å². The van der Waals surface area contributed by atoms with Crippen LogP contribution in [0.1, 0.15) is 11.1 Å². The van der Waals surface area contributed by atoms with E-state index in [2.05, 4.69) is 27.8 Å². The second kappa shape index (κ2) is 5.75. The molecule has 5 nitrogen and oxygen atoms in total. The van der Waals surface area contributed by atoms with Crippen LogP contribution < -0.4 is 10.6 Å². The van der Waals surface area contributed by atoms with E-state index in [0.717, 1.165) is 12.8 Å². The second-order valence-electron chi connectivity index (χ2n) is 5.04. The third kappa shape index (κ3) is 3.08. The number of benzene rings is 1. The zero-order valence-corrected chi connectivity index (χ0v) is 11.4. The normalized spacial score (nSPS) is 13.5. The molecule has 1 heterocycles. The Bertz CT molecular complexity index is 645. The summed E-state index contributed by atoms with van der Waals surface area (Å²) in [5.74, 6) is -1.28. The predicted octanol–water partition coefficient (Wildman–Crippen LogP) is 1.30. The fourth-order valence-electron chi connectivity index (χ4n) is 2.54. The van der Waals surface area contributed by atoms with Gasteiger partial charge in [0.15, 0.2) is 0 Å². The third-order valence-corrected chi connectivity index (χ3v) is 3.51. The number of nitrogens with zero attached hydrogens (tertiary/aromatic N) is 1. The largest absolute Gasteiger partial charge is 0.344 e. The Kier molecular flexibility index (Phi) is 3.64. The molecule has 0 radical (unpaired) electrons. The topological polar surface area (TPSA) is 71.1 Å². The summed E-state index contributed by atoms with van der Waals surface area (Å²) in [6, 6.07) is 11.4. The molecule has 0 saturated heterocycles. The monoisotopic (exact) mass is 281 g/mol. The van der Waals surface area contributed by atoms with Crippen LogP contribution >= 0.6 is 0 Å². The third-order valence-electron chi connectivity index (χ3n) is 3.51. The molecule has 5 heteroatoms. The summed E-state index contributed by atoms with van der Waals surface area (Å²) in [7, 11) is 0. The summed E-state index contributed by atoms with van der Waals surface area (Å²) in [5.41, 5.74) is 2.97. The molecule has 1 aliphatic rings. The van der Waals surface area contributed by atoms with Crippen LogP contribution in [0.15, 0.2) is 48.8 Å². The Morgan fingerprint density at radius 1 is 1.00 bits per heavy atom. The Balaban J connectivity index is 1.57. The van der Waals surface area contributed by atoms with Crippen LogP contribution in [0.4, 0.5) is 5.69 Å². The Morgan fingerprint density at radius 3 is 2.33 bits per heavy atom. The zero-order chi connectivity index (χ0) is 14.7. The zero-order valence-electron chi connectivity index (χ0n) is 11.4. The molecule has 1 aromatic heterocycles. The van der Waals surface area contributed by atoms with E-state index in [9.17, 15) is 9.59 Å². The summed E-state index contributed by atoms with van der Waals surface area (Å²) in [5, 5.41) is 5.30. The van der Waals surface area contributed by atoms with Crippen molar-refractivity contribution < 1.29 is 9.59 Å². The molecule has 106 valence electrons. The van der Waals surface area contributed by atoms with Crippen molar-refractivity contribution >= 4 is 17.5 Å². The van der Waals surface area contributed by atoms with Gasteiger partial charge in [-0.3, -0.25) is 14.6 Å². The van der Waals surface area contributed by atoms with Gasteiger partial charge in [-0.1, -0.05) is 24.3 Å². The number of aromatic nitrogens is 1. The van der Waals surface area contributed by atoms with Crippen molar-refractivity contribution in [2.75, 3.05) is 5.32 Å². The highest BCUT2D eigenvalue weighted by molar-refractivity contribution is 6.39. The van der Waals surface area contributed by atoms with Crippen LogP contribution in [0.3, 0.4) is 0 Å². The van der Waals surface area contributed by atoms with Crippen molar-refractivity contribution in [3.05, 3.63) is 59.9 Å². The summed E-state index contributed by atoms with van der Waals surface area (Å²) in [6.45, 7) is 0. The van der Waals surface area contributed by atoms with Crippen molar-refractivity contribution in [3.8, 4) is 0 Å². The second-order valence-corrected chi connectivity index (χ2v) is 5.04. The fraction of sp³-hybridized carbons (Fsp3) is 0.188. The number of rotatable bonds is 2. The van der Waals surface area contributed by atoms with Gasteiger partial charge in [0, 0.05) is 12.2 Å². The molecule has 1 aromatic carbocycles. The fourth-order valence-corrected chi connectivity index (χ4v) is 2.54. The average Bonchev–Trinajstić information content (AvgIpc) is 2.90. The van der Waals surface area contributed by atoms with E-state index in [0.29, 0.717) is 5.69 Å². The molecule has 2 amide bonds. The first-order valence-corrected chi connectivity index (χ1v) is 6.81. The summed E-state index contributed by atoms with van der Waals surface area (Å²) < 4.78 is 0. The maximum Gasteiger partial charge on any atom is 0.313 e. The minimum absolute atomic E-state index is 0.0189. The molecule has 0 spiro atoms. The maximum atomic E-state index is 11.9. The van der Waals surface area contributed by atoms with Gasteiger partial charge in [0.25, 0.3) is 0 Å². The van der Waals surface area contributed by atoms with E-state index < -0.39 is 11.8 Å². The van der Waals surface area contributed by atoms with Gasteiger partial charge in [0.1, 0.15) is 0 Å². The molecule has 0 atom stereocenters. The predicted molar refractivity (Wildman–Crippen MR) is 78.6 cm³/mol. The molecule has 3 rings (SSSR count). The molecule has 2 N–H and O–H groups in total. The van der Waals surface area contributed by atoms with Gasteiger partial charge in [0.05, 0.1) is 11.9 Å². The standard InChI is InChI=1S/C16H15N3O2/c20-15(18-13-6-3-7-17-10-13)16(21)19-14-8-11-4-1-2-5-12(11)9-14/h1-7,10,14H,8-9H2,(H,18,20)(H,19,21). The summed E-state index contributed by atoms with van der Waals surface area (Å²) in [6.07, 6.45) is 4.63. The highest BCUT2D eigenvalue weighted by atomic mass is 16.2. The van der Waals surface area contributed by atoms with E-state index in [1.165, 1.54) is 17.3 Å². The van der Waals surface area contributed by atoms with E-state index >= 15 is 0 Å². The van der Waals surface area contributed by atoms with Crippen LogP contribution in [-0.2, 0) is 22.4 Å². The quantitative estimate of drug-likeness (QED) is 0.815. The van der Waals surface area contributed by atoms with Crippen LogP contribution in [0, 0.1) is 0 Å². The Hall–Kier alpha value is -2.69. The van der Waals surface area contributed by atoms with Crippen molar-refractivity contribution in [2.45, 2.75) is 18.9 Å². The summed E-state index contributed by atoms with van der Waals surface area (Å²) in [4.78, 5) is 27.6. The number of carbonyl (C=O) groups is 2. The molecular formula is C16H15N3O2. The lowest BCUT2D eigenvalue weighted by molar-refractivity contribution is -0.136. The lowest BCUT2D eigenvalue weighted by Gasteiger charge is -2.11. The number of pyridine rings is 1. The number of fused-ring (bicyclic) bond motifs is 1. The lowest BCUT2D eigenvalue weighted by Crippen LogP contribution is -2.42. The molecular weight excluding hydrogens is 266 g/mol. The van der Waals surface area contributed by atoms with E-state index in [-0.39, 0.29) is 6.04 Å². The van der Waals surface area contributed by atoms with E-state index in [1.54, 1.807) is 18.3 Å². The van der Waals surface area contributed by atoms with Crippen molar-refractivity contribution in [2.24, 2.45) is 0 Å². The van der Waals surface area contributed by atoms with Gasteiger partial charge in [-0.05, 0) is 36.1 Å². The van der Waals surface area contributed by atoms with Crippen molar-refractivity contribution in [1.29, 1.82) is 0 Å². The van der Waals surface area contributed by atoms with Crippen LogP contribution in [-0.4, -0.2) is 22.8 Å². The number of carbonyl (C=O) groups excluding carboxylic acids is 2. The molecule has 0 saturated carbocycles. The number of anilines is 1. The molecule has 0 bridgehead atoms. The average molecular weight is 281 g/mol. The highest BCUT2D eigenvalue weighted by Gasteiger charge is 2.24. The molecule has 1 aliphatic carbocycles. The first-order chi connectivity index (χ1) is 10.2. The smallest absolute Gasteiger partial charge is 0.313 e. The van der Waals surface area contributed by atoms with Gasteiger partial charge in [0.2, 0.25) is 0 Å². The maximum absolute atomic E-state index is 11.9. The van der Waals surface area contributed by atoms with Crippen LogP contribution in [0.5, 0.6) is 0 Å². The first kappa shape index (κ1) is 13.3. The minimum atomic E-state index is -0.668. The number of amides is 2. The van der Waals surface area contributed by atoms with Gasteiger partial charge < -0.3 is 10.6 Å². The van der Waals surface area contributed by atoms with Crippen LogP contribution in [0.25, 0.3) is 0 Å². The number of hydrogen-bond acceptors (Lipinski definition) is 3. The van der Waals surface area contributed by atoms with Crippen molar-refractivity contribution in [1.82, 2.24) is 10.3 Å². The highest BCUT2D eigenvalue weighted by Crippen LogP contribution is 2.21. The first-order valence-electron chi connectivity index (χ1n) is 6.81. The SMILES string of the molecule is O=C(Nc1cccnc1)C(=O)NC1Cc2ccccc2C1. The van der Waals surface area contributed by atoms with E-state index in [1.807, 2.05) is 12.1 Å². The lowest BCUT2D eigenvalue weighted by atomic mass is 10.1. The molecule has 0 fully saturated rings.